The molecule has 0 atom stereocenters. The topological polar surface area (TPSA) is 27.7 Å². The molecule has 0 unspecified atom stereocenters. The molecule has 0 aromatic carbocycles. The van der Waals surface area contributed by atoms with Crippen LogP contribution >= 0.6 is 0 Å². The first-order valence-corrected chi connectivity index (χ1v) is 9.42. The molecule has 0 aliphatic heterocycles. The first kappa shape index (κ1) is 13.8. The van der Waals surface area contributed by atoms with E-state index in [9.17, 15) is 0 Å². The molecule has 0 amide bonds. The van der Waals surface area contributed by atoms with Gasteiger partial charge in [-0.25, -0.2) is 0 Å². The SMILES string of the molecule is CC[I-]CCC[Si](OC)(OC)OC. The molecule has 5 heteroatoms. The summed E-state index contributed by atoms with van der Waals surface area (Å²) < 4.78 is 18.7. The van der Waals surface area contributed by atoms with Gasteiger partial charge in [0.2, 0.25) is 0 Å². The Kier molecular flexibility index (Phi) is 8.68. The molecule has 0 aromatic rings. The Labute approximate surface area is 92.8 Å². The summed E-state index contributed by atoms with van der Waals surface area (Å²) in [5.74, 6) is 0. The van der Waals surface area contributed by atoms with Crippen LogP contribution in [0.1, 0.15) is 13.3 Å². The van der Waals surface area contributed by atoms with Gasteiger partial charge in [-0.05, 0) is 0 Å². The van der Waals surface area contributed by atoms with Crippen molar-refractivity contribution in [2.45, 2.75) is 19.4 Å². The number of hydrogen-bond acceptors (Lipinski definition) is 3. The molecule has 0 saturated carbocycles. The minimum absolute atomic E-state index is 0.413. The zero-order valence-electron chi connectivity index (χ0n) is 8.93. The van der Waals surface area contributed by atoms with Crippen molar-refractivity contribution in [3.8, 4) is 0 Å². The van der Waals surface area contributed by atoms with Crippen LogP contribution in [0.4, 0.5) is 0 Å². The summed E-state index contributed by atoms with van der Waals surface area (Å²) in [5.41, 5.74) is 0. The molecule has 0 fully saturated rings. The van der Waals surface area contributed by atoms with Crippen LogP contribution in [0.5, 0.6) is 0 Å². The predicted molar refractivity (Wildman–Crippen MR) is 51.6 cm³/mol. The second-order valence-electron chi connectivity index (χ2n) is 2.54. The van der Waals surface area contributed by atoms with E-state index < -0.39 is 8.80 Å². The van der Waals surface area contributed by atoms with Crippen LogP contribution < -0.4 is 21.2 Å². The number of alkyl halides is 2. The van der Waals surface area contributed by atoms with Crippen molar-refractivity contribution in [1.29, 1.82) is 0 Å². The number of hydrogen-bond donors (Lipinski definition) is 0. The summed E-state index contributed by atoms with van der Waals surface area (Å²) in [6, 6.07) is 0.955. The fraction of sp³-hybridized carbons (Fsp3) is 1.00. The van der Waals surface area contributed by atoms with Crippen LogP contribution in [0.25, 0.3) is 0 Å². The molecule has 0 aromatic heterocycles. The third kappa shape index (κ3) is 5.31. The summed E-state index contributed by atoms with van der Waals surface area (Å²) in [4.78, 5) is 0. The van der Waals surface area contributed by atoms with Crippen LogP contribution in [0.3, 0.4) is 0 Å². The van der Waals surface area contributed by atoms with E-state index in [2.05, 4.69) is 6.92 Å². The molecule has 0 aliphatic carbocycles. The molecule has 3 nitrogen and oxygen atoms in total. The molecular weight excluding hydrogens is 299 g/mol. The normalized spacial score (nSPS) is 12.3. The molecule has 0 rings (SSSR count). The zero-order chi connectivity index (χ0) is 10.2. The van der Waals surface area contributed by atoms with Crippen molar-refractivity contribution in [1.82, 2.24) is 0 Å². The summed E-state index contributed by atoms with van der Waals surface area (Å²) in [6.07, 6.45) is 1.18. The van der Waals surface area contributed by atoms with Gasteiger partial charge in [-0.3, -0.25) is 0 Å². The number of halogens is 1. The molecule has 0 heterocycles. The van der Waals surface area contributed by atoms with Gasteiger partial charge >= 0.3 is 92.9 Å². The average Bonchev–Trinajstić information content (AvgIpc) is 2.20. The maximum absolute atomic E-state index is 5.32. The van der Waals surface area contributed by atoms with Gasteiger partial charge in [0, 0.05) is 0 Å². The van der Waals surface area contributed by atoms with E-state index in [1.807, 2.05) is 0 Å². The van der Waals surface area contributed by atoms with Crippen molar-refractivity contribution in [2.24, 2.45) is 0 Å². The first-order chi connectivity index (χ1) is 6.24. The Hall–Kier alpha value is 0.827. The quantitative estimate of drug-likeness (QED) is 0.233. The predicted octanol–water partition coefficient (Wildman–Crippen LogP) is -1.64. The van der Waals surface area contributed by atoms with Crippen LogP contribution in [-0.4, -0.2) is 39.0 Å². The minimum atomic E-state index is -2.25. The molecule has 0 N–H and O–H groups in total. The van der Waals surface area contributed by atoms with Gasteiger partial charge < -0.3 is 0 Å². The third-order valence-corrected chi connectivity index (χ3v) is 7.31. The fourth-order valence-electron chi connectivity index (χ4n) is 1.07. The second kappa shape index (κ2) is 8.16. The summed E-state index contributed by atoms with van der Waals surface area (Å²) in [6.45, 7) is 2.25. The van der Waals surface area contributed by atoms with Crippen LogP contribution in [0.2, 0.25) is 6.04 Å². The molecule has 0 aliphatic rings. The number of rotatable bonds is 8. The fourth-order valence-corrected chi connectivity index (χ4v) is 5.19. The summed E-state index contributed by atoms with van der Waals surface area (Å²) in [5, 5.41) is 0. The van der Waals surface area contributed by atoms with E-state index in [1.54, 1.807) is 21.3 Å². The van der Waals surface area contributed by atoms with E-state index in [4.69, 9.17) is 13.3 Å². The van der Waals surface area contributed by atoms with E-state index in [0.29, 0.717) is 21.2 Å². The van der Waals surface area contributed by atoms with Gasteiger partial charge in [-0.2, -0.15) is 0 Å². The van der Waals surface area contributed by atoms with E-state index >= 15 is 0 Å². The van der Waals surface area contributed by atoms with Crippen molar-refractivity contribution in [2.75, 3.05) is 30.2 Å². The van der Waals surface area contributed by atoms with Gasteiger partial charge in [-0.1, -0.05) is 0 Å². The molecule has 13 heavy (non-hydrogen) atoms. The van der Waals surface area contributed by atoms with E-state index in [0.717, 1.165) is 6.04 Å². The van der Waals surface area contributed by atoms with E-state index in [-0.39, 0.29) is 0 Å². The van der Waals surface area contributed by atoms with Gasteiger partial charge in [0.25, 0.3) is 0 Å². The van der Waals surface area contributed by atoms with Crippen LogP contribution in [-0.2, 0) is 13.3 Å². The van der Waals surface area contributed by atoms with Crippen molar-refractivity contribution in [3.05, 3.63) is 0 Å². The molecule has 0 radical (unpaired) electrons. The molecule has 82 valence electrons. The van der Waals surface area contributed by atoms with Crippen molar-refractivity contribution in [3.63, 3.8) is 0 Å². The van der Waals surface area contributed by atoms with E-state index in [1.165, 1.54) is 15.3 Å². The monoisotopic (exact) mass is 319 g/mol. The first-order valence-electron chi connectivity index (χ1n) is 4.43. The Morgan fingerprint density at radius 3 is 2.00 bits per heavy atom. The maximum atomic E-state index is 5.32. The summed E-state index contributed by atoms with van der Waals surface area (Å²) >= 11 is 0.413. The van der Waals surface area contributed by atoms with Gasteiger partial charge in [0.05, 0.1) is 0 Å². The van der Waals surface area contributed by atoms with Gasteiger partial charge in [-0.15, -0.1) is 0 Å². The van der Waals surface area contributed by atoms with Gasteiger partial charge in [0.15, 0.2) is 0 Å². The Morgan fingerprint density at radius 1 is 1.08 bits per heavy atom. The molecular formula is C8H20IO3Si-. The molecule has 0 saturated heterocycles. The Balaban J connectivity index is 3.68. The van der Waals surface area contributed by atoms with Crippen molar-refractivity contribution < 1.29 is 34.5 Å². The zero-order valence-corrected chi connectivity index (χ0v) is 12.1. The standard InChI is InChI=1S/C8H20IO3Si/c1-5-9-7-6-8-13(10-2,11-3)12-4/h5-8H2,1-4H3/q-1. The van der Waals surface area contributed by atoms with Crippen LogP contribution in [0.15, 0.2) is 0 Å². The molecule has 0 spiro atoms. The Bertz CT molecular complexity index is 112. The molecule has 0 bridgehead atoms. The summed E-state index contributed by atoms with van der Waals surface area (Å²) in [7, 11) is 2.77. The second-order valence-corrected chi connectivity index (χ2v) is 9.32. The Morgan fingerprint density at radius 2 is 1.62 bits per heavy atom. The van der Waals surface area contributed by atoms with Crippen LogP contribution in [0, 0.1) is 0 Å². The van der Waals surface area contributed by atoms with Gasteiger partial charge in [0.1, 0.15) is 0 Å². The third-order valence-electron chi connectivity index (χ3n) is 1.87. The van der Waals surface area contributed by atoms with Crippen molar-refractivity contribution >= 4 is 8.80 Å². The average molecular weight is 319 g/mol.